The topological polar surface area (TPSA) is 0 Å². The van der Waals surface area contributed by atoms with E-state index in [-0.39, 0.29) is 0 Å². The zero-order valence-electron chi connectivity index (χ0n) is 8.97. The van der Waals surface area contributed by atoms with E-state index >= 15 is 0 Å². The Morgan fingerprint density at radius 1 is 0.625 bits per heavy atom. The first kappa shape index (κ1) is 21.8. The summed E-state index contributed by atoms with van der Waals surface area (Å²) in [6.45, 7) is 0. The molecule has 0 amide bonds. The Morgan fingerprint density at radius 2 is 1.00 bits per heavy atom. The fourth-order valence-corrected chi connectivity index (χ4v) is 63.5. The van der Waals surface area contributed by atoms with E-state index in [9.17, 15) is 0 Å². The van der Waals surface area contributed by atoms with E-state index in [0.29, 0.717) is 63.6 Å². The molecule has 0 rings (SSSR count). The van der Waals surface area contributed by atoms with Crippen molar-refractivity contribution >= 4 is 22.6 Å². The molecule has 0 bridgehead atoms. The van der Waals surface area contributed by atoms with Crippen molar-refractivity contribution < 1.29 is 148 Å². The van der Waals surface area contributed by atoms with Gasteiger partial charge in [0.1, 0.15) is 0 Å². The first-order chi connectivity index (χ1) is 7.91. The minimum absolute atomic E-state index is 0.654. The Kier molecular flexibility index (Phi) is 28.4. The zero-order valence-corrected chi connectivity index (χ0v) is 26.2. The van der Waals surface area contributed by atoms with Crippen molar-refractivity contribution in [3.63, 3.8) is 0 Å². The van der Waals surface area contributed by atoms with E-state index < -0.39 is 0 Å². The Labute approximate surface area is 187 Å². The number of rotatable bonds is 13. The third-order valence-corrected chi connectivity index (χ3v) is 43.1. The molecule has 0 saturated heterocycles. The fourth-order valence-electron chi connectivity index (χ4n) is 0.486. The third kappa shape index (κ3) is 19.8. The van der Waals surface area contributed by atoms with Gasteiger partial charge in [0, 0.05) is 0 Å². The van der Waals surface area contributed by atoms with Gasteiger partial charge >= 0.3 is 193 Å². The molecule has 16 heavy (non-hydrogen) atoms. The van der Waals surface area contributed by atoms with Crippen LogP contribution in [0.5, 0.6) is 0 Å². The summed E-state index contributed by atoms with van der Waals surface area (Å²) < 4.78 is 12.1. The molecule has 0 unspecified atom stereocenters. The molecule has 0 fully saturated rings. The van der Waals surface area contributed by atoms with Gasteiger partial charge in [-0.25, -0.2) is 0 Å². The summed E-state index contributed by atoms with van der Waals surface area (Å²) in [5.74, 6) is 0. The molecule has 0 heterocycles. The maximum absolute atomic E-state index is 2.57. The van der Waals surface area contributed by atoms with Gasteiger partial charge in [-0.3, -0.25) is 0 Å². The average molecular weight is 1130 g/mol. The molecule has 0 aliphatic carbocycles. The molecule has 0 aromatic rings. The molecule has 0 aromatic carbocycles. The fraction of sp³-hybridized carbons (Fsp3) is 1.00. The average Bonchev–Trinajstić information content (AvgIpc) is 2.31. The second kappa shape index (κ2) is 20.8. The van der Waals surface area contributed by atoms with Gasteiger partial charge in [0.05, 0.1) is 0 Å². The van der Waals surface area contributed by atoms with Crippen LogP contribution in [0.2, 0.25) is 0 Å². The van der Waals surface area contributed by atoms with Crippen molar-refractivity contribution in [3.8, 4) is 0 Å². The van der Waals surface area contributed by atoms with Crippen molar-refractivity contribution in [3.05, 3.63) is 0 Å². The second-order valence-corrected chi connectivity index (χ2v) is 41.2. The molecule has 0 aliphatic rings. The Morgan fingerprint density at radius 3 is 1.38 bits per heavy atom. The van der Waals surface area contributed by atoms with Crippen LogP contribution >= 0.6 is 22.6 Å². The van der Waals surface area contributed by atoms with Crippen molar-refractivity contribution in [2.24, 2.45) is 0 Å². The molecule has 0 radical (unpaired) electrons. The molecular weight excluding hydrogens is 1110 g/mol. The normalized spacial score (nSPS) is 12.6. The van der Waals surface area contributed by atoms with Crippen LogP contribution in [0.1, 0.15) is 0 Å². The zero-order chi connectivity index (χ0) is 11.9. The van der Waals surface area contributed by atoms with Gasteiger partial charge in [-0.1, -0.05) is 0 Å². The van der Waals surface area contributed by atoms with Gasteiger partial charge in [-0.2, -0.15) is 0 Å². The van der Waals surface area contributed by atoms with Gasteiger partial charge in [-0.15, -0.1) is 0 Å². The summed E-state index contributed by atoms with van der Waals surface area (Å²) in [5, 5.41) is 0. The summed E-state index contributed by atoms with van der Waals surface area (Å²) in [6, 6.07) is 0. The van der Waals surface area contributed by atoms with Crippen LogP contribution in [-0.2, 0) is 0 Å². The molecule has 0 spiro atoms. The van der Waals surface area contributed by atoms with Gasteiger partial charge in [0.2, 0.25) is 0 Å². The van der Waals surface area contributed by atoms with Crippen LogP contribution < -0.4 is 148 Å². The number of hydrogen-bond donors (Lipinski definition) is 0. The van der Waals surface area contributed by atoms with Crippen LogP contribution in [0.3, 0.4) is 0 Å². The van der Waals surface area contributed by atoms with Crippen LogP contribution in [0, 0.1) is 0 Å². The Hall–Kier alpha value is 5.84. The van der Waals surface area contributed by atoms with Gasteiger partial charge in [-0.05, 0) is 0 Å². The maximum atomic E-state index is 2.57. The predicted octanol–water partition coefficient (Wildman–Crippen LogP) is -19.6. The molecule has 0 atom stereocenters. The summed E-state index contributed by atoms with van der Waals surface area (Å²) in [7, 11) is 0. The van der Waals surface area contributed by atoms with Crippen LogP contribution in [0.4, 0.5) is 0 Å². The Bertz CT molecular complexity index is 109. The molecule has 0 aromatic heterocycles. The standard InChI is InChI=1S/C8H17I8/c1-10-3-12-5-14-7-16-8-15-6-13-4-11-2-9/h2-8H2,1H3/q-7. The van der Waals surface area contributed by atoms with E-state index in [4.69, 9.17) is 0 Å². The number of alkyl halides is 15. The van der Waals surface area contributed by atoms with Crippen molar-refractivity contribution in [1.29, 1.82) is 0 Å². The molecule has 0 aliphatic heterocycles. The quantitative estimate of drug-likeness (QED) is 0.0980. The van der Waals surface area contributed by atoms with E-state index in [0.717, 1.165) is 84.8 Å². The summed E-state index contributed by atoms with van der Waals surface area (Å²) >= 11 is 7.50. The number of halogens is 8. The molecule has 0 nitrogen and oxygen atoms in total. The summed E-state index contributed by atoms with van der Waals surface area (Å²) in [4.78, 5) is 2.46. The first-order valence-corrected chi connectivity index (χ1v) is 27.6. The molecule has 8 heteroatoms. The SMILES string of the molecule is C[I-]C[I-]C[I-]C[I-]C[I-]C[I-]C[I-]CI. The predicted molar refractivity (Wildman–Crippen MR) is 54.0 cm³/mol. The van der Waals surface area contributed by atoms with Gasteiger partial charge in [0.25, 0.3) is 0 Å². The van der Waals surface area contributed by atoms with Crippen molar-refractivity contribution in [2.75, 3.05) is 22.0 Å². The van der Waals surface area contributed by atoms with Crippen LogP contribution in [0.25, 0.3) is 0 Å². The third-order valence-electron chi connectivity index (χ3n) is 0.958. The summed E-state index contributed by atoms with van der Waals surface area (Å²) in [5.41, 5.74) is 0. The molecule has 112 valence electrons. The van der Waals surface area contributed by atoms with Crippen molar-refractivity contribution in [1.82, 2.24) is 0 Å². The van der Waals surface area contributed by atoms with E-state index in [1.54, 1.807) is 14.6 Å². The van der Waals surface area contributed by atoms with Gasteiger partial charge < -0.3 is 0 Å². The number of hydrogen-bond acceptors (Lipinski definition) is 0. The van der Waals surface area contributed by atoms with E-state index in [1.807, 2.05) is 0 Å². The van der Waals surface area contributed by atoms with E-state index in [2.05, 4.69) is 27.5 Å². The van der Waals surface area contributed by atoms with Crippen LogP contribution in [-0.4, -0.2) is 22.0 Å². The molecule has 0 N–H and O–H groups in total. The van der Waals surface area contributed by atoms with Crippen molar-refractivity contribution in [2.45, 2.75) is 0 Å². The second-order valence-electron chi connectivity index (χ2n) is 2.11. The Balaban J connectivity index is 2.83. The molecular formula is C8H17I8-7. The summed E-state index contributed by atoms with van der Waals surface area (Å²) in [6.07, 6.45) is 0. The monoisotopic (exact) mass is 1130 g/mol. The van der Waals surface area contributed by atoms with Gasteiger partial charge in [0.15, 0.2) is 0 Å². The first-order valence-electron chi connectivity index (χ1n) is 4.12. The van der Waals surface area contributed by atoms with Crippen LogP contribution in [0.15, 0.2) is 0 Å². The minimum atomic E-state index is 0.654. The molecule has 0 saturated carbocycles. The van der Waals surface area contributed by atoms with E-state index in [1.165, 1.54) is 2.43 Å².